The highest BCUT2D eigenvalue weighted by Crippen LogP contribution is 2.60. The number of hydrogen-bond acceptors (Lipinski definition) is 4. The van der Waals surface area contributed by atoms with Gasteiger partial charge in [0.1, 0.15) is 4.49 Å². The summed E-state index contributed by atoms with van der Waals surface area (Å²) in [6.45, 7) is 8.58. The molecular weight excluding hydrogens is 387 g/mol. The average molecular weight is 411 g/mol. The van der Waals surface area contributed by atoms with Crippen LogP contribution in [-0.2, 0) is 11.3 Å². The lowest BCUT2D eigenvalue weighted by Gasteiger charge is -2.35. The monoisotopic (exact) mass is 410 g/mol. The van der Waals surface area contributed by atoms with Gasteiger partial charge in [-0.3, -0.25) is 9.69 Å². The van der Waals surface area contributed by atoms with E-state index in [0.717, 1.165) is 44.2 Å². The largest absolute Gasteiger partial charge is 0.454 e. The normalized spacial score (nSPS) is 26.0. The van der Waals surface area contributed by atoms with Crippen LogP contribution >= 0.6 is 23.2 Å². The Balaban J connectivity index is 1.31. The van der Waals surface area contributed by atoms with Crippen molar-refractivity contribution >= 4 is 29.1 Å². The Hall–Kier alpha value is -1.43. The number of hydrogen-bond donors (Lipinski definition) is 0. The maximum Gasteiger partial charge on any atom is 0.231 e. The van der Waals surface area contributed by atoms with Gasteiger partial charge in [-0.2, -0.15) is 0 Å². The number of halogens is 2. The molecule has 2 atom stereocenters. The minimum absolute atomic E-state index is 0.0228. The van der Waals surface area contributed by atoms with Crippen LogP contribution in [0.25, 0.3) is 0 Å². The number of amides is 1. The minimum atomic E-state index is -0.0737. The van der Waals surface area contributed by atoms with E-state index in [0.29, 0.717) is 6.79 Å². The number of nitrogens with zero attached hydrogens (tertiary/aromatic N) is 2. The summed E-state index contributed by atoms with van der Waals surface area (Å²) in [7, 11) is 0. The minimum Gasteiger partial charge on any atom is -0.454 e. The zero-order chi connectivity index (χ0) is 19.2. The molecule has 27 heavy (non-hydrogen) atoms. The van der Waals surface area contributed by atoms with Gasteiger partial charge < -0.3 is 14.4 Å². The summed E-state index contributed by atoms with van der Waals surface area (Å²) in [5.74, 6) is 1.95. The van der Waals surface area contributed by atoms with E-state index in [1.54, 1.807) is 0 Å². The van der Waals surface area contributed by atoms with Crippen LogP contribution < -0.4 is 9.47 Å². The Morgan fingerprint density at radius 3 is 2.59 bits per heavy atom. The van der Waals surface area contributed by atoms with Crippen molar-refractivity contribution in [1.29, 1.82) is 0 Å². The summed E-state index contributed by atoms with van der Waals surface area (Å²) in [6, 6.07) is 6.08. The van der Waals surface area contributed by atoms with Gasteiger partial charge >= 0.3 is 0 Å². The Bertz CT molecular complexity index is 768. The zero-order valence-corrected chi connectivity index (χ0v) is 17.1. The van der Waals surface area contributed by atoms with Gasteiger partial charge in [0.25, 0.3) is 0 Å². The Kier molecular flexibility index (Phi) is 5.04. The van der Waals surface area contributed by atoms with Crippen molar-refractivity contribution in [3.8, 4) is 11.5 Å². The molecule has 7 heteroatoms. The van der Waals surface area contributed by atoms with Crippen LogP contribution in [-0.4, -0.2) is 48.7 Å². The van der Waals surface area contributed by atoms with E-state index >= 15 is 0 Å². The van der Waals surface area contributed by atoms with E-state index in [1.165, 1.54) is 5.56 Å². The predicted octanol–water partition coefficient (Wildman–Crippen LogP) is 3.65. The quantitative estimate of drug-likeness (QED) is 0.759. The smallest absolute Gasteiger partial charge is 0.231 e. The van der Waals surface area contributed by atoms with Gasteiger partial charge in [0, 0.05) is 32.7 Å². The van der Waals surface area contributed by atoms with Crippen molar-refractivity contribution in [3.63, 3.8) is 0 Å². The number of piperazine rings is 1. The molecular formula is C20H24Cl2N2O3. The number of fused-ring (bicyclic) bond motifs is 1. The van der Waals surface area contributed by atoms with Crippen LogP contribution in [0.5, 0.6) is 11.5 Å². The maximum atomic E-state index is 12.9. The molecule has 1 aromatic carbocycles. The third-order valence-corrected chi connectivity index (χ3v) is 6.26. The molecule has 0 unspecified atom stereocenters. The maximum absolute atomic E-state index is 12.9. The molecule has 3 aliphatic rings. The number of allylic oxidation sites excluding steroid dienone is 1. The van der Waals surface area contributed by atoms with E-state index in [1.807, 2.05) is 23.1 Å². The Labute approximate surface area is 169 Å². The highest BCUT2D eigenvalue weighted by molar-refractivity contribution is 6.55. The number of benzene rings is 1. The van der Waals surface area contributed by atoms with Gasteiger partial charge in [0.15, 0.2) is 11.5 Å². The fourth-order valence-corrected chi connectivity index (χ4v) is 4.49. The molecule has 0 radical (unpaired) electrons. The first-order valence-electron chi connectivity index (χ1n) is 9.29. The van der Waals surface area contributed by atoms with Crippen LogP contribution in [0.2, 0.25) is 0 Å². The summed E-state index contributed by atoms with van der Waals surface area (Å²) in [5.41, 5.74) is 1.12. The first-order chi connectivity index (χ1) is 12.9. The molecule has 1 aromatic rings. The third kappa shape index (κ3) is 3.78. The fraction of sp³-hybridized carbons (Fsp3) is 0.550. The molecule has 146 valence electrons. The molecule has 1 saturated heterocycles. The second-order valence-electron chi connectivity index (χ2n) is 8.07. The van der Waals surface area contributed by atoms with Crippen molar-refractivity contribution in [3.05, 3.63) is 34.3 Å². The standard InChI is InChI=1S/C20H24Cl2N2O3/c1-20(2)14(10-17(21)22)18(20)19(25)24-7-5-23(6-8-24)11-13-3-4-15-16(9-13)27-12-26-15/h3-4,9-10,14,18H,5-8,11-12H2,1-2H3/t14-,18-/m1/s1. The first kappa shape index (κ1) is 18.9. The van der Waals surface area contributed by atoms with Crippen molar-refractivity contribution in [1.82, 2.24) is 9.80 Å². The molecule has 1 saturated carbocycles. The summed E-state index contributed by atoms with van der Waals surface area (Å²) in [4.78, 5) is 17.3. The van der Waals surface area contributed by atoms with Crippen molar-refractivity contribution < 1.29 is 14.3 Å². The Morgan fingerprint density at radius 1 is 1.19 bits per heavy atom. The summed E-state index contributed by atoms with van der Waals surface area (Å²) in [5, 5.41) is 0. The first-order valence-corrected chi connectivity index (χ1v) is 10.0. The lowest BCUT2D eigenvalue weighted by Crippen LogP contribution is -2.49. The molecule has 2 fully saturated rings. The second-order valence-corrected chi connectivity index (χ2v) is 9.08. The van der Waals surface area contributed by atoms with E-state index in [4.69, 9.17) is 32.7 Å². The van der Waals surface area contributed by atoms with Crippen LogP contribution in [0, 0.1) is 17.3 Å². The highest BCUT2D eigenvalue weighted by Gasteiger charge is 2.61. The van der Waals surface area contributed by atoms with E-state index in [9.17, 15) is 4.79 Å². The lowest BCUT2D eigenvalue weighted by molar-refractivity contribution is -0.135. The van der Waals surface area contributed by atoms with E-state index < -0.39 is 0 Å². The predicted molar refractivity (Wildman–Crippen MR) is 105 cm³/mol. The van der Waals surface area contributed by atoms with Gasteiger partial charge in [0.2, 0.25) is 12.7 Å². The van der Waals surface area contributed by atoms with Gasteiger partial charge in [-0.05, 0) is 35.1 Å². The summed E-state index contributed by atoms with van der Waals surface area (Å²) >= 11 is 11.6. The van der Waals surface area contributed by atoms with Crippen molar-refractivity contribution in [2.24, 2.45) is 17.3 Å². The van der Waals surface area contributed by atoms with E-state index in [-0.39, 0.29) is 27.6 Å². The van der Waals surface area contributed by atoms with Crippen molar-refractivity contribution in [2.75, 3.05) is 33.0 Å². The van der Waals surface area contributed by atoms with Crippen LogP contribution in [0.1, 0.15) is 19.4 Å². The molecule has 0 bridgehead atoms. The van der Waals surface area contributed by atoms with Crippen LogP contribution in [0.3, 0.4) is 0 Å². The van der Waals surface area contributed by atoms with E-state index in [2.05, 4.69) is 24.8 Å². The van der Waals surface area contributed by atoms with Gasteiger partial charge in [0.05, 0.1) is 5.92 Å². The molecule has 0 aromatic heterocycles. The number of carbonyl (C=O) groups excluding carboxylic acids is 1. The fourth-order valence-electron chi connectivity index (χ4n) is 4.22. The summed E-state index contributed by atoms with van der Waals surface area (Å²) in [6.07, 6.45) is 1.81. The van der Waals surface area contributed by atoms with Crippen LogP contribution in [0.4, 0.5) is 0 Å². The molecule has 0 N–H and O–H groups in total. The average Bonchev–Trinajstić information content (AvgIpc) is 2.96. The zero-order valence-electron chi connectivity index (χ0n) is 15.6. The number of carbonyl (C=O) groups is 1. The molecule has 1 aliphatic carbocycles. The summed E-state index contributed by atoms with van der Waals surface area (Å²) < 4.78 is 11.1. The second kappa shape index (κ2) is 7.19. The number of rotatable bonds is 4. The third-order valence-electron chi connectivity index (χ3n) is 6.01. The molecule has 0 spiro atoms. The highest BCUT2D eigenvalue weighted by atomic mass is 35.5. The molecule has 4 rings (SSSR count). The van der Waals surface area contributed by atoms with Gasteiger partial charge in [-0.25, -0.2) is 0 Å². The molecule has 2 aliphatic heterocycles. The topological polar surface area (TPSA) is 42.0 Å². The molecule has 5 nitrogen and oxygen atoms in total. The van der Waals surface area contributed by atoms with Crippen LogP contribution in [0.15, 0.2) is 28.8 Å². The molecule has 2 heterocycles. The van der Waals surface area contributed by atoms with Gasteiger partial charge in [-0.1, -0.05) is 43.1 Å². The SMILES string of the molecule is CC1(C)[C@H](C=C(Cl)Cl)[C@@H]1C(=O)N1CCN(Cc2ccc3c(c2)OCO3)CC1. The lowest BCUT2D eigenvalue weighted by atomic mass is 10.1. The molecule has 1 amide bonds. The van der Waals surface area contributed by atoms with Crippen molar-refractivity contribution in [2.45, 2.75) is 20.4 Å². The van der Waals surface area contributed by atoms with Gasteiger partial charge in [-0.15, -0.1) is 0 Å². The number of ether oxygens (including phenoxy) is 2. The Morgan fingerprint density at radius 2 is 1.89 bits per heavy atom.